The average molecular weight is 488 g/mol. The van der Waals surface area contributed by atoms with Gasteiger partial charge < -0.3 is 15.5 Å². The molecule has 2 aromatic rings. The zero-order valence-corrected chi connectivity index (χ0v) is 20.5. The maximum atomic E-state index is 13.0. The molecule has 0 spiro atoms. The Bertz CT molecular complexity index is 960. The van der Waals surface area contributed by atoms with E-state index >= 15 is 0 Å². The smallest absolute Gasteiger partial charge is 0.251 e. The highest BCUT2D eigenvalue weighted by molar-refractivity contribution is 7.99. The van der Waals surface area contributed by atoms with E-state index in [1.165, 1.54) is 0 Å². The molecule has 8 heteroatoms. The van der Waals surface area contributed by atoms with Crippen LogP contribution < -0.4 is 10.6 Å². The molecule has 1 heterocycles. The lowest BCUT2D eigenvalue weighted by atomic mass is 9.97. The van der Waals surface area contributed by atoms with Crippen LogP contribution in [-0.2, 0) is 16.0 Å². The summed E-state index contributed by atoms with van der Waals surface area (Å²) >= 11 is 7.77. The van der Waals surface area contributed by atoms with Crippen molar-refractivity contribution < 1.29 is 14.4 Å². The third-order valence-electron chi connectivity index (χ3n) is 5.83. The Morgan fingerprint density at radius 3 is 2.27 bits per heavy atom. The highest BCUT2D eigenvalue weighted by atomic mass is 35.5. The van der Waals surface area contributed by atoms with Gasteiger partial charge in [0.05, 0.1) is 6.42 Å². The van der Waals surface area contributed by atoms with Crippen molar-refractivity contribution in [2.45, 2.75) is 32.7 Å². The summed E-state index contributed by atoms with van der Waals surface area (Å²) in [4.78, 5) is 40.0. The summed E-state index contributed by atoms with van der Waals surface area (Å²) < 4.78 is 0. The van der Waals surface area contributed by atoms with Crippen LogP contribution in [0.25, 0.3) is 0 Å². The molecule has 0 saturated carbocycles. The zero-order valence-electron chi connectivity index (χ0n) is 19.0. The third-order valence-corrected chi connectivity index (χ3v) is 7.02. The summed E-state index contributed by atoms with van der Waals surface area (Å²) in [6, 6.07) is 13.2. The fraction of sp³-hybridized carbons (Fsp3) is 0.400. The minimum atomic E-state index is -0.684. The van der Waals surface area contributed by atoms with Crippen molar-refractivity contribution in [2.24, 2.45) is 5.92 Å². The van der Waals surface area contributed by atoms with Crippen molar-refractivity contribution in [3.8, 4) is 0 Å². The van der Waals surface area contributed by atoms with Crippen molar-refractivity contribution in [2.75, 3.05) is 29.9 Å². The van der Waals surface area contributed by atoms with E-state index in [9.17, 15) is 14.4 Å². The first-order chi connectivity index (χ1) is 15.9. The van der Waals surface area contributed by atoms with Crippen LogP contribution in [0.5, 0.6) is 0 Å². The fourth-order valence-corrected chi connectivity index (χ4v) is 4.58. The number of hydrogen-bond donors (Lipinski definition) is 2. The Labute approximate surface area is 204 Å². The standard InChI is InChI=1S/C25H30ClN3O3S/c1-3-17(2)23(28-24(31)19-6-8-20(26)9-7-19)25(32)27-21-10-4-18(5-11-21)16-22(30)29-12-14-33-15-13-29/h4-11,17,23H,3,12-16H2,1-2H3,(H,27,32)(H,28,31). The van der Waals surface area contributed by atoms with Crippen molar-refractivity contribution in [3.05, 3.63) is 64.7 Å². The molecule has 0 aliphatic carbocycles. The quantitative estimate of drug-likeness (QED) is 0.583. The maximum absolute atomic E-state index is 13.0. The molecule has 0 radical (unpaired) electrons. The monoisotopic (exact) mass is 487 g/mol. The molecule has 6 nitrogen and oxygen atoms in total. The molecule has 1 saturated heterocycles. The number of carbonyl (C=O) groups is 3. The molecule has 176 valence electrons. The third kappa shape index (κ3) is 7.24. The second-order valence-electron chi connectivity index (χ2n) is 8.20. The Kier molecular flexibility index (Phi) is 9.21. The molecule has 3 amide bonds. The van der Waals surface area contributed by atoms with Crippen molar-refractivity contribution >= 4 is 46.8 Å². The van der Waals surface area contributed by atoms with Crippen LogP contribution in [0.1, 0.15) is 36.2 Å². The molecule has 2 N–H and O–H groups in total. The summed E-state index contributed by atoms with van der Waals surface area (Å²) in [7, 11) is 0. The number of anilines is 1. The van der Waals surface area contributed by atoms with Crippen molar-refractivity contribution in [3.63, 3.8) is 0 Å². The molecule has 0 bridgehead atoms. The van der Waals surface area contributed by atoms with E-state index in [-0.39, 0.29) is 23.6 Å². The van der Waals surface area contributed by atoms with Crippen LogP contribution >= 0.6 is 23.4 Å². The van der Waals surface area contributed by atoms with E-state index in [1.54, 1.807) is 36.4 Å². The van der Waals surface area contributed by atoms with Gasteiger partial charge in [0, 0.05) is 40.9 Å². The van der Waals surface area contributed by atoms with Gasteiger partial charge in [-0.05, 0) is 47.9 Å². The highest BCUT2D eigenvalue weighted by Crippen LogP contribution is 2.17. The molecule has 2 aromatic carbocycles. The molecule has 1 aliphatic heterocycles. The van der Waals surface area contributed by atoms with Crippen LogP contribution in [0.15, 0.2) is 48.5 Å². The minimum absolute atomic E-state index is 0.0548. The molecule has 2 unspecified atom stereocenters. The fourth-order valence-electron chi connectivity index (χ4n) is 3.55. The molecule has 2 atom stereocenters. The maximum Gasteiger partial charge on any atom is 0.251 e. The van der Waals surface area contributed by atoms with Gasteiger partial charge in [-0.15, -0.1) is 0 Å². The van der Waals surface area contributed by atoms with E-state index < -0.39 is 6.04 Å². The van der Waals surface area contributed by atoms with Gasteiger partial charge in [-0.3, -0.25) is 14.4 Å². The van der Waals surface area contributed by atoms with E-state index in [1.807, 2.05) is 42.6 Å². The molecule has 3 rings (SSSR count). The second kappa shape index (κ2) is 12.1. The number of benzene rings is 2. The molecular weight excluding hydrogens is 458 g/mol. The summed E-state index contributed by atoms with van der Waals surface area (Å²) in [6.45, 7) is 5.51. The molecular formula is C25H30ClN3O3S. The lowest BCUT2D eigenvalue weighted by Crippen LogP contribution is -2.47. The molecule has 33 heavy (non-hydrogen) atoms. The summed E-state index contributed by atoms with van der Waals surface area (Å²) in [5, 5.41) is 6.29. The topological polar surface area (TPSA) is 78.5 Å². The number of hydrogen-bond acceptors (Lipinski definition) is 4. The van der Waals surface area contributed by atoms with Gasteiger partial charge in [0.15, 0.2) is 0 Å². The largest absolute Gasteiger partial charge is 0.341 e. The van der Waals surface area contributed by atoms with Crippen LogP contribution in [0.4, 0.5) is 5.69 Å². The number of rotatable bonds is 8. The van der Waals surface area contributed by atoms with Crippen molar-refractivity contribution in [1.29, 1.82) is 0 Å². The number of halogens is 1. The van der Waals surface area contributed by atoms with Gasteiger partial charge in [-0.2, -0.15) is 11.8 Å². The molecule has 0 aromatic heterocycles. The average Bonchev–Trinajstić information content (AvgIpc) is 2.84. The highest BCUT2D eigenvalue weighted by Gasteiger charge is 2.26. The number of carbonyl (C=O) groups excluding carboxylic acids is 3. The van der Waals surface area contributed by atoms with E-state index in [0.29, 0.717) is 22.7 Å². The Morgan fingerprint density at radius 2 is 1.67 bits per heavy atom. The van der Waals surface area contributed by atoms with Crippen LogP contribution in [0, 0.1) is 5.92 Å². The van der Waals surface area contributed by atoms with Gasteiger partial charge in [-0.25, -0.2) is 0 Å². The SMILES string of the molecule is CCC(C)C(NC(=O)c1ccc(Cl)cc1)C(=O)Nc1ccc(CC(=O)N2CCSCC2)cc1. The number of nitrogens with one attached hydrogen (secondary N) is 2. The van der Waals surface area contributed by atoms with Gasteiger partial charge >= 0.3 is 0 Å². The lowest BCUT2D eigenvalue weighted by molar-refractivity contribution is -0.130. The van der Waals surface area contributed by atoms with Crippen LogP contribution in [0.3, 0.4) is 0 Å². The summed E-state index contributed by atoms with van der Waals surface area (Å²) in [5.41, 5.74) is 1.98. The van der Waals surface area contributed by atoms with Gasteiger partial charge in [0.25, 0.3) is 5.91 Å². The van der Waals surface area contributed by atoms with Gasteiger partial charge in [0.2, 0.25) is 11.8 Å². The summed E-state index contributed by atoms with van der Waals surface area (Å²) in [5.74, 6) is 1.46. The molecule has 1 aliphatic rings. The Morgan fingerprint density at radius 1 is 1.03 bits per heavy atom. The first kappa shape index (κ1) is 25.1. The lowest BCUT2D eigenvalue weighted by Gasteiger charge is -2.26. The normalized spacial score (nSPS) is 15.4. The molecule has 1 fully saturated rings. The number of thioether (sulfide) groups is 1. The Balaban J connectivity index is 1.60. The first-order valence-corrected chi connectivity index (χ1v) is 12.7. The number of nitrogens with zero attached hydrogens (tertiary/aromatic N) is 1. The van der Waals surface area contributed by atoms with Crippen molar-refractivity contribution in [1.82, 2.24) is 10.2 Å². The predicted molar refractivity (Wildman–Crippen MR) is 135 cm³/mol. The number of amides is 3. The predicted octanol–water partition coefficient (Wildman–Crippen LogP) is 4.24. The summed E-state index contributed by atoms with van der Waals surface area (Å²) in [6.07, 6.45) is 1.08. The first-order valence-electron chi connectivity index (χ1n) is 11.2. The van der Waals surface area contributed by atoms with Crippen LogP contribution in [-0.4, -0.2) is 53.3 Å². The zero-order chi connectivity index (χ0) is 23.8. The van der Waals surface area contributed by atoms with Gasteiger partial charge in [0.1, 0.15) is 6.04 Å². The van der Waals surface area contributed by atoms with Crippen LogP contribution in [0.2, 0.25) is 5.02 Å². The van der Waals surface area contributed by atoms with Gasteiger partial charge in [-0.1, -0.05) is 44.0 Å². The van der Waals surface area contributed by atoms with E-state index in [2.05, 4.69) is 10.6 Å². The second-order valence-corrected chi connectivity index (χ2v) is 9.86. The van der Waals surface area contributed by atoms with E-state index in [4.69, 9.17) is 11.6 Å². The Hall–Kier alpha value is -2.51. The minimum Gasteiger partial charge on any atom is -0.341 e. The van der Waals surface area contributed by atoms with E-state index in [0.717, 1.165) is 36.6 Å².